The first kappa shape index (κ1) is 4.43. The van der Waals surface area contributed by atoms with E-state index in [1.165, 1.54) is 12.8 Å². The Morgan fingerprint density at radius 1 is 1.57 bits per heavy atom. The van der Waals surface area contributed by atoms with E-state index in [4.69, 9.17) is 11.6 Å². The zero-order valence-electron chi connectivity index (χ0n) is 4.15. The van der Waals surface area contributed by atoms with Crippen LogP contribution in [0.15, 0.2) is 0 Å². The molecule has 7 heavy (non-hydrogen) atoms. The lowest BCUT2D eigenvalue weighted by Crippen LogP contribution is -2.82. The lowest BCUT2D eigenvalue weighted by Gasteiger charge is -1.80. The summed E-state index contributed by atoms with van der Waals surface area (Å²) in [7, 11) is 0. The van der Waals surface area contributed by atoms with Crippen LogP contribution in [0.3, 0.4) is 0 Å². The van der Waals surface area contributed by atoms with Crippen molar-refractivity contribution in [3.8, 4) is 0 Å². The van der Waals surface area contributed by atoms with Gasteiger partial charge in [-0.15, -0.1) is 0 Å². The van der Waals surface area contributed by atoms with Gasteiger partial charge in [0.2, 0.25) is 0 Å². The lowest BCUT2D eigenvalue weighted by atomic mass is 10.4. The predicted octanol–water partition coefficient (Wildman–Crippen LogP) is -2.29. The van der Waals surface area contributed by atoms with E-state index in [9.17, 15) is 0 Å². The van der Waals surface area contributed by atoms with Gasteiger partial charge in [-0.3, -0.25) is 11.6 Å². The van der Waals surface area contributed by atoms with Gasteiger partial charge in [-0.25, -0.2) is 0 Å². The minimum Gasteiger partial charge on any atom is -0.289 e. The lowest BCUT2D eigenvalue weighted by molar-refractivity contribution is -0.472. The highest BCUT2D eigenvalue weighted by Crippen LogP contribution is 2.26. The van der Waals surface area contributed by atoms with Gasteiger partial charge in [0.05, 0.1) is 5.92 Å². The number of rotatable bonds is 1. The normalized spacial score (nSPS) is 22.6. The fourth-order valence-electron chi connectivity index (χ4n) is 0.512. The van der Waals surface area contributed by atoms with Gasteiger partial charge < -0.3 is 0 Å². The van der Waals surface area contributed by atoms with Crippen LogP contribution < -0.4 is 16.7 Å². The molecule has 40 valence electrons. The molecular formula is C4H10N3+. The number of hydrogen-bond donors (Lipinski definition) is 3. The van der Waals surface area contributed by atoms with Crippen LogP contribution in [0.2, 0.25) is 0 Å². The summed E-state index contributed by atoms with van der Waals surface area (Å²) in [5, 5.41) is 2.42. The maximum atomic E-state index is 5.36. The summed E-state index contributed by atoms with van der Waals surface area (Å²) in [5.41, 5.74) is 5.36. The predicted molar refractivity (Wildman–Crippen MR) is 27.1 cm³/mol. The Balaban J connectivity index is 2.37. The van der Waals surface area contributed by atoms with Crippen molar-refractivity contribution in [3.63, 3.8) is 0 Å². The van der Waals surface area contributed by atoms with Crippen LogP contribution in [-0.2, 0) is 0 Å². The van der Waals surface area contributed by atoms with E-state index in [2.05, 4.69) is 5.10 Å². The van der Waals surface area contributed by atoms with Gasteiger partial charge in [-0.2, -0.15) is 5.10 Å². The van der Waals surface area contributed by atoms with Crippen LogP contribution in [0.25, 0.3) is 0 Å². The van der Waals surface area contributed by atoms with Gasteiger partial charge in [-0.05, 0) is 12.8 Å². The van der Waals surface area contributed by atoms with Crippen LogP contribution >= 0.6 is 0 Å². The molecule has 0 bridgehead atoms. The molecular weight excluding hydrogens is 90.1 g/mol. The maximum absolute atomic E-state index is 5.36. The molecule has 0 heterocycles. The molecule has 5 N–H and O–H groups in total. The monoisotopic (exact) mass is 100 g/mol. The third-order valence-electron chi connectivity index (χ3n) is 1.18. The molecule has 0 saturated heterocycles. The molecule has 0 spiro atoms. The summed E-state index contributed by atoms with van der Waals surface area (Å²) < 4.78 is 0. The average Bonchev–Trinajstić information content (AvgIpc) is 2.44. The third-order valence-corrected chi connectivity index (χ3v) is 1.18. The third kappa shape index (κ3) is 0.824. The second-order valence-electron chi connectivity index (χ2n) is 1.87. The largest absolute Gasteiger partial charge is 0.289 e. The summed E-state index contributed by atoms with van der Waals surface area (Å²) in [5.74, 6) is 6.31. The Kier molecular flexibility index (Phi) is 0.889. The molecule has 0 aromatic rings. The van der Waals surface area contributed by atoms with Crippen molar-refractivity contribution < 1.29 is 5.10 Å². The Morgan fingerprint density at radius 2 is 2.14 bits per heavy atom. The summed E-state index contributed by atoms with van der Waals surface area (Å²) in [6, 6.07) is 0. The number of hydrazine groups is 1. The van der Waals surface area contributed by atoms with Crippen LogP contribution in [-0.4, -0.2) is 5.84 Å². The molecule has 0 aromatic carbocycles. The topological polar surface area (TPSA) is 66.0 Å². The molecule has 0 atom stereocenters. The van der Waals surface area contributed by atoms with E-state index in [1.807, 2.05) is 0 Å². The van der Waals surface area contributed by atoms with Crippen molar-refractivity contribution in [3.05, 3.63) is 0 Å². The highest BCUT2D eigenvalue weighted by molar-refractivity contribution is 5.79. The molecule has 0 aromatic heterocycles. The molecule has 1 fully saturated rings. The van der Waals surface area contributed by atoms with Gasteiger partial charge >= 0.3 is 0 Å². The Labute approximate surface area is 42.4 Å². The van der Waals surface area contributed by atoms with Crippen LogP contribution in [0.1, 0.15) is 12.8 Å². The minimum absolute atomic E-state index is 0.574. The van der Waals surface area contributed by atoms with Crippen LogP contribution in [0.4, 0.5) is 0 Å². The van der Waals surface area contributed by atoms with Gasteiger partial charge in [-0.1, -0.05) is 0 Å². The van der Waals surface area contributed by atoms with Crippen molar-refractivity contribution in [1.29, 1.82) is 0 Å². The highest BCUT2D eigenvalue weighted by Gasteiger charge is 2.29. The summed E-state index contributed by atoms with van der Waals surface area (Å²) in [4.78, 5) is 0. The van der Waals surface area contributed by atoms with Gasteiger partial charge in [0.25, 0.3) is 5.84 Å². The summed E-state index contributed by atoms with van der Waals surface area (Å²) in [6.07, 6.45) is 2.41. The molecule has 3 nitrogen and oxygen atoms in total. The highest BCUT2D eigenvalue weighted by atomic mass is 15.2. The second kappa shape index (κ2) is 1.40. The first-order chi connectivity index (χ1) is 3.34. The molecule has 0 amide bonds. The quantitative estimate of drug-likeness (QED) is 0.150. The second-order valence-corrected chi connectivity index (χ2v) is 1.87. The molecule has 0 aliphatic heterocycles. The van der Waals surface area contributed by atoms with E-state index >= 15 is 0 Å². The first-order valence-corrected chi connectivity index (χ1v) is 2.43. The summed E-state index contributed by atoms with van der Waals surface area (Å²) in [6.45, 7) is 0. The van der Waals surface area contributed by atoms with Crippen LogP contribution in [0.5, 0.6) is 0 Å². The first-order valence-electron chi connectivity index (χ1n) is 2.43. The number of nitrogens with one attached hydrogen (secondary N) is 1. The van der Waals surface area contributed by atoms with Crippen LogP contribution in [0, 0.1) is 5.92 Å². The molecule has 1 aliphatic rings. The number of hydrogen-bond acceptors (Lipinski definition) is 1. The molecule has 0 radical (unpaired) electrons. The van der Waals surface area contributed by atoms with E-state index < -0.39 is 0 Å². The van der Waals surface area contributed by atoms with Gasteiger partial charge in [0.1, 0.15) is 0 Å². The standard InChI is InChI=1S/C4H9N3/c5-4(7-6)3-1-2-3/h3H,1-2,6H2,(H2,5,7)/p+1. The summed E-state index contributed by atoms with van der Waals surface area (Å²) >= 11 is 0. The Bertz CT molecular complexity index is 93.1. The maximum Gasteiger partial charge on any atom is 0.266 e. The Hall–Kier alpha value is -0.730. The molecule has 3 heteroatoms. The van der Waals surface area contributed by atoms with Crippen molar-refractivity contribution in [2.45, 2.75) is 12.8 Å². The smallest absolute Gasteiger partial charge is 0.266 e. The van der Waals surface area contributed by atoms with Crippen molar-refractivity contribution in [1.82, 2.24) is 0 Å². The number of nitrogens with two attached hydrogens (primary N) is 2. The van der Waals surface area contributed by atoms with E-state index in [0.717, 1.165) is 5.84 Å². The Morgan fingerprint density at radius 3 is 2.29 bits per heavy atom. The molecule has 1 aliphatic carbocycles. The van der Waals surface area contributed by atoms with E-state index in [1.54, 1.807) is 0 Å². The zero-order valence-corrected chi connectivity index (χ0v) is 4.15. The number of amidine groups is 1. The van der Waals surface area contributed by atoms with Crippen molar-refractivity contribution in [2.24, 2.45) is 17.5 Å². The van der Waals surface area contributed by atoms with E-state index in [0.29, 0.717) is 5.92 Å². The SMILES string of the molecule is N/[NH+]=C(\N)C1CC1. The molecule has 0 unspecified atom stereocenters. The fraction of sp³-hybridized carbons (Fsp3) is 0.750. The molecule has 1 saturated carbocycles. The number of hydrazone groups is 1. The van der Waals surface area contributed by atoms with Gasteiger partial charge in [0, 0.05) is 0 Å². The van der Waals surface area contributed by atoms with E-state index in [-0.39, 0.29) is 0 Å². The molecule has 1 rings (SSSR count). The fourth-order valence-corrected chi connectivity index (χ4v) is 0.512. The van der Waals surface area contributed by atoms with Crippen molar-refractivity contribution >= 4 is 5.84 Å². The van der Waals surface area contributed by atoms with Crippen molar-refractivity contribution in [2.75, 3.05) is 0 Å². The zero-order chi connectivity index (χ0) is 5.28. The van der Waals surface area contributed by atoms with Gasteiger partial charge in [0.15, 0.2) is 0 Å². The average molecular weight is 100 g/mol. The minimum atomic E-state index is 0.574.